The number of rotatable bonds is 4. The molecule has 0 aromatic heterocycles. The molecule has 0 radical (unpaired) electrons. The van der Waals surface area contributed by atoms with Crippen LogP contribution in [-0.4, -0.2) is 11.1 Å². The number of allylic oxidation sites excluding steroid dienone is 1. The van der Waals surface area contributed by atoms with Crippen molar-refractivity contribution in [3.8, 4) is 6.07 Å². The van der Waals surface area contributed by atoms with Crippen LogP contribution in [0.4, 0.5) is 0 Å². The minimum atomic E-state index is -1.23. The Morgan fingerprint density at radius 3 is 2.53 bits per heavy atom. The van der Waals surface area contributed by atoms with Gasteiger partial charge in [0.05, 0.1) is 0 Å². The first-order chi connectivity index (χ1) is 8.04. The van der Waals surface area contributed by atoms with Gasteiger partial charge in [-0.2, -0.15) is 5.26 Å². The van der Waals surface area contributed by atoms with Gasteiger partial charge in [0.1, 0.15) is 6.07 Å². The van der Waals surface area contributed by atoms with Gasteiger partial charge < -0.3 is 10.4 Å². The summed E-state index contributed by atoms with van der Waals surface area (Å²) in [6.07, 6.45) is 0. The monoisotopic (exact) mass is 250 g/mol. The lowest BCUT2D eigenvalue weighted by molar-refractivity contribution is -0.132. The zero-order valence-electron chi connectivity index (χ0n) is 9.20. The molecule has 0 unspecified atom stereocenters. The number of halogens is 1. The molecule has 2 N–H and O–H groups in total. The number of carboxylic acids is 1. The summed E-state index contributed by atoms with van der Waals surface area (Å²) in [6, 6.07) is 8.80. The number of aliphatic carboxylic acids is 1. The maximum absolute atomic E-state index is 10.7. The van der Waals surface area contributed by atoms with Gasteiger partial charge in [-0.15, -0.1) is 0 Å². The molecule has 0 atom stereocenters. The first kappa shape index (κ1) is 13.1. The summed E-state index contributed by atoms with van der Waals surface area (Å²) in [5, 5.41) is 20.9. The van der Waals surface area contributed by atoms with Crippen LogP contribution in [0, 0.1) is 11.3 Å². The molecule has 0 heterocycles. The Morgan fingerprint density at radius 2 is 2.06 bits per heavy atom. The van der Waals surface area contributed by atoms with Crippen LogP contribution in [0.2, 0.25) is 5.02 Å². The topological polar surface area (TPSA) is 73.1 Å². The summed E-state index contributed by atoms with van der Waals surface area (Å²) >= 11 is 5.74. The van der Waals surface area contributed by atoms with E-state index in [9.17, 15) is 4.79 Å². The van der Waals surface area contributed by atoms with E-state index in [0.717, 1.165) is 5.56 Å². The third kappa shape index (κ3) is 3.82. The highest BCUT2D eigenvalue weighted by Gasteiger charge is 2.09. The normalized spacial score (nSPS) is 11.4. The van der Waals surface area contributed by atoms with E-state index >= 15 is 0 Å². The van der Waals surface area contributed by atoms with Crippen LogP contribution in [0.25, 0.3) is 0 Å². The second-order valence-corrected chi connectivity index (χ2v) is 3.83. The molecule has 0 amide bonds. The van der Waals surface area contributed by atoms with Gasteiger partial charge in [-0.25, -0.2) is 4.79 Å². The molecular formula is C12H11ClN2O2. The Hall–Kier alpha value is -1.99. The maximum Gasteiger partial charge on any atom is 0.348 e. The van der Waals surface area contributed by atoms with Gasteiger partial charge >= 0.3 is 5.97 Å². The molecule has 1 aromatic rings. The zero-order valence-corrected chi connectivity index (χ0v) is 9.95. The number of carbonyl (C=O) groups is 1. The van der Waals surface area contributed by atoms with Gasteiger partial charge in [0.2, 0.25) is 0 Å². The molecule has 88 valence electrons. The first-order valence-corrected chi connectivity index (χ1v) is 5.25. The lowest BCUT2D eigenvalue weighted by atomic mass is 10.2. The van der Waals surface area contributed by atoms with Crippen LogP contribution in [0.1, 0.15) is 12.5 Å². The Morgan fingerprint density at radius 1 is 1.47 bits per heavy atom. The number of carboxylic acid groups (broad SMARTS) is 1. The highest BCUT2D eigenvalue weighted by atomic mass is 35.5. The highest BCUT2D eigenvalue weighted by molar-refractivity contribution is 6.30. The van der Waals surface area contributed by atoms with E-state index in [1.54, 1.807) is 25.1 Å². The summed E-state index contributed by atoms with van der Waals surface area (Å²) in [6.45, 7) is 2.00. The van der Waals surface area contributed by atoms with Crippen LogP contribution in [0.3, 0.4) is 0 Å². The number of hydrogen-bond acceptors (Lipinski definition) is 3. The van der Waals surface area contributed by atoms with Crippen molar-refractivity contribution in [2.75, 3.05) is 0 Å². The summed E-state index contributed by atoms with van der Waals surface area (Å²) in [7, 11) is 0. The summed E-state index contributed by atoms with van der Waals surface area (Å²) in [4.78, 5) is 10.7. The average Bonchev–Trinajstić information content (AvgIpc) is 2.28. The minimum Gasteiger partial charge on any atom is -0.477 e. The van der Waals surface area contributed by atoms with Gasteiger partial charge in [0, 0.05) is 17.3 Å². The van der Waals surface area contributed by atoms with Crippen LogP contribution in [0.15, 0.2) is 35.5 Å². The van der Waals surface area contributed by atoms with Gasteiger partial charge in [-0.1, -0.05) is 23.7 Å². The van der Waals surface area contributed by atoms with Crippen LogP contribution in [0.5, 0.6) is 0 Å². The number of nitrogens with zero attached hydrogens (tertiary/aromatic N) is 1. The van der Waals surface area contributed by atoms with Gasteiger partial charge in [-0.05, 0) is 24.6 Å². The molecule has 1 aromatic carbocycles. The van der Waals surface area contributed by atoms with Gasteiger partial charge in [0.15, 0.2) is 5.57 Å². The Kier molecular flexibility index (Phi) is 4.56. The number of hydrogen-bond donors (Lipinski definition) is 2. The van der Waals surface area contributed by atoms with E-state index in [-0.39, 0.29) is 5.57 Å². The smallest absolute Gasteiger partial charge is 0.348 e. The second-order valence-electron chi connectivity index (χ2n) is 3.40. The van der Waals surface area contributed by atoms with E-state index in [4.69, 9.17) is 22.0 Å². The first-order valence-electron chi connectivity index (χ1n) is 4.87. The van der Waals surface area contributed by atoms with Crippen molar-refractivity contribution in [2.45, 2.75) is 13.5 Å². The van der Waals surface area contributed by atoms with Gasteiger partial charge in [-0.3, -0.25) is 0 Å². The second kappa shape index (κ2) is 5.92. The molecule has 5 heteroatoms. The molecule has 0 saturated heterocycles. The largest absolute Gasteiger partial charge is 0.477 e. The Bertz CT molecular complexity index is 486. The molecule has 1 rings (SSSR count). The standard InChI is InChI=1S/C12H11ClN2O2/c1-8(11(6-14)12(16)17)15-7-9-2-4-10(13)5-3-9/h2-5,15H,7H2,1H3,(H,16,17). The van der Waals surface area contributed by atoms with Crippen molar-refractivity contribution < 1.29 is 9.90 Å². The lowest BCUT2D eigenvalue weighted by Crippen LogP contribution is -2.15. The quantitative estimate of drug-likeness (QED) is 0.635. The lowest BCUT2D eigenvalue weighted by Gasteiger charge is -2.07. The SMILES string of the molecule is CC(NCc1ccc(Cl)cc1)=C(C#N)C(=O)O. The van der Waals surface area contributed by atoms with Crippen molar-refractivity contribution >= 4 is 17.6 Å². The van der Waals surface area contributed by atoms with Crippen molar-refractivity contribution in [1.29, 1.82) is 5.26 Å². The molecule has 0 saturated carbocycles. The van der Waals surface area contributed by atoms with E-state index in [2.05, 4.69) is 5.32 Å². The third-order valence-electron chi connectivity index (χ3n) is 2.17. The predicted octanol–water partition coefficient (Wildman–Crippen LogP) is 2.31. The molecule has 0 fully saturated rings. The van der Waals surface area contributed by atoms with Gasteiger partial charge in [0.25, 0.3) is 0 Å². The Balaban J connectivity index is 2.71. The summed E-state index contributed by atoms with van der Waals surface area (Å²) < 4.78 is 0. The molecular weight excluding hydrogens is 240 g/mol. The molecule has 4 nitrogen and oxygen atoms in total. The molecule has 0 bridgehead atoms. The Labute approximate surface area is 104 Å². The zero-order chi connectivity index (χ0) is 12.8. The number of nitriles is 1. The van der Waals surface area contributed by atoms with Crippen LogP contribution in [-0.2, 0) is 11.3 Å². The van der Waals surface area contributed by atoms with Crippen LogP contribution < -0.4 is 5.32 Å². The van der Waals surface area contributed by atoms with E-state index < -0.39 is 5.97 Å². The molecule has 0 aliphatic carbocycles. The van der Waals surface area contributed by atoms with Crippen molar-refractivity contribution in [3.63, 3.8) is 0 Å². The maximum atomic E-state index is 10.7. The molecule has 0 spiro atoms. The minimum absolute atomic E-state index is 0.279. The fourth-order valence-electron chi connectivity index (χ4n) is 1.22. The van der Waals surface area contributed by atoms with Crippen LogP contribution >= 0.6 is 11.6 Å². The summed E-state index contributed by atoms with van der Waals surface area (Å²) in [5.74, 6) is -1.23. The van der Waals surface area contributed by atoms with Crippen molar-refractivity contribution in [2.24, 2.45) is 0 Å². The molecule has 17 heavy (non-hydrogen) atoms. The van der Waals surface area contributed by atoms with Crippen molar-refractivity contribution in [3.05, 3.63) is 46.1 Å². The highest BCUT2D eigenvalue weighted by Crippen LogP contribution is 2.10. The van der Waals surface area contributed by atoms with E-state index in [0.29, 0.717) is 17.3 Å². The summed E-state index contributed by atoms with van der Waals surface area (Å²) in [5.41, 5.74) is 1.02. The van der Waals surface area contributed by atoms with E-state index in [1.807, 2.05) is 12.1 Å². The number of nitrogens with one attached hydrogen (secondary N) is 1. The molecule has 0 aliphatic heterocycles. The van der Waals surface area contributed by atoms with Crippen molar-refractivity contribution in [1.82, 2.24) is 5.32 Å². The molecule has 0 aliphatic rings. The average molecular weight is 251 g/mol. The third-order valence-corrected chi connectivity index (χ3v) is 2.42. The van der Waals surface area contributed by atoms with E-state index in [1.165, 1.54) is 0 Å². The fraction of sp³-hybridized carbons (Fsp3) is 0.167. The predicted molar refractivity (Wildman–Crippen MR) is 64.2 cm³/mol. The fourth-order valence-corrected chi connectivity index (χ4v) is 1.34. The number of benzene rings is 1.